The Morgan fingerprint density at radius 1 is 1.21 bits per heavy atom. The zero-order valence-electron chi connectivity index (χ0n) is 17.0. The largest absolute Gasteiger partial charge is 1.00 e. The number of hydrogen-bond acceptors (Lipinski definition) is 4. The lowest BCUT2D eigenvalue weighted by Crippen LogP contribution is -3.15. The van der Waals surface area contributed by atoms with E-state index in [0.717, 1.165) is 59.7 Å². The van der Waals surface area contributed by atoms with Crippen LogP contribution in [0.1, 0.15) is 39.0 Å². The van der Waals surface area contributed by atoms with Gasteiger partial charge in [0.25, 0.3) is 5.91 Å². The lowest BCUT2D eigenvalue weighted by Gasteiger charge is -2.30. The van der Waals surface area contributed by atoms with E-state index in [1.54, 1.807) is 6.26 Å². The number of halogens is 1. The molecule has 29 heavy (non-hydrogen) atoms. The predicted octanol–water partition coefficient (Wildman–Crippen LogP) is -0.659. The summed E-state index contributed by atoms with van der Waals surface area (Å²) < 4.78 is 17.1. The summed E-state index contributed by atoms with van der Waals surface area (Å²) in [6.07, 6.45) is 1.68. The van der Waals surface area contributed by atoms with Crippen LogP contribution in [0.4, 0.5) is 0 Å². The van der Waals surface area contributed by atoms with Gasteiger partial charge in [0.05, 0.1) is 26.0 Å². The van der Waals surface area contributed by atoms with Crippen LogP contribution in [0.2, 0.25) is 0 Å². The van der Waals surface area contributed by atoms with Crippen molar-refractivity contribution in [2.75, 3.05) is 32.8 Å². The van der Waals surface area contributed by atoms with E-state index in [1.807, 2.05) is 39.0 Å². The Balaban J connectivity index is 0.00000240. The summed E-state index contributed by atoms with van der Waals surface area (Å²) in [5.41, 5.74) is 3.90. The molecule has 1 aliphatic rings. The molecule has 1 aliphatic heterocycles. The molecule has 7 heteroatoms. The van der Waals surface area contributed by atoms with Gasteiger partial charge in [0.2, 0.25) is 0 Å². The van der Waals surface area contributed by atoms with E-state index in [0.29, 0.717) is 12.3 Å². The van der Waals surface area contributed by atoms with Gasteiger partial charge in [0.15, 0.2) is 17.6 Å². The van der Waals surface area contributed by atoms with Crippen molar-refractivity contribution < 1.29 is 35.7 Å². The molecule has 6 nitrogen and oxygen atoms in total. The highest BCUT2D eigenvalue weighted by Crippen LogP contribution is 2.29. The number of morpholine rings is 1. The minimum absolute atomic E-state index is 0. The van der Waals surface area contributed by atoms with Crippen molar-refractivity contribution in [2.45, 2.75) is 26.8 Å². The van der Waals surface area contributed by atoms with E-state index in [9.17, 15) is 4.79 Å². The third kappa shape index (κ3) is 4.34. The fourth-order valence-corrected chi connectivity index (χ4v) is 4.20. The molecule has 0 saturated carbocycles. The minimum atomic E-state index is -0.185. The number of amides is 1. The summed E-state index contributed by atoms with van der Waals surface area (Å²) in [4.78, 5) is 14.3. The fourth-order valence-electron chi connectivity index (χ4n) is 4.20. The molecule has 1 unspecified atom stereocenters. The van der Waals surface area contributed by atoms with Crippen LogP contribution in [0.25, 0.3) is 11.0 Å². The van der Waals surface area contributed by atoms with Gasteiger partial charge in [-0.15, -0.1) is 0 Å². The Hall–Kier alpha value is -2.28. The first-order valence-electron chi connectivity index (χ1n) is 9.79. The van der Waals surface area contributed by atoms with Crippen LogP contribution < -0.4 is 22.6 Å². The molecule has 1 atom stereocenters. The molecule has 1 amide bonds. The molecule has 2 N–H and O–H groups in total. The lowest BCUT2D eigenvalue weighted by molar-refractivity contribution is -0.938. The zero-order chi connectivity index (χ0) is 19.7. The van der Waals surface area contributed by atoms with E-state index in [1.165, 1.54) is 4.90 Å². The molecule has 1 aromatic carbocycles. The smallest absolute Gasteiger partial charge is 0.287 e. The van der Waals surface area contributed by atoms with E-state index >= 15 is 0 Å². The first-order chi connectivity index (χ1) is 13.5. The molecule has 156 valence electrons. The second kappa shape index (κ2) is 9.03. The normalized spacial score (nSPS) is 15.8. The Morgan fingerprint density at radius 3 is 2.66 bits per heavy atom. The zero-order valence-corrected chi connectivity index (χ0v) is 17.8. The molecule has 4 rings (SSSR count). The minimum Gasteiger partial charge on any atom is -1.00 e. The van der Waals surface area contributed by atoms with Crippen molar-refractivity contribution in [1.29, 1.82) is 0 Å². The molecule has 0 spiro atoms. The van der Waals surface area contributed by atoms with Gasteiger partial charge in [-0.3, -0.25) is 4.79 Å². The summed E-state index contributed by atoms with van der Waals surface area (Å²) in [6.45, 7) is 9.74. The molecule has 0 bridgehead atoms. The molecule has 3 heterocycles. The first-order valence-corrected chi connectivity index (χ1v) is 9.79. The molecule has 0 radical (unpaired) electrons. The third-order valence-corrected chi connectivity index (χ3v) is 5.56. The SMILES string of the molecule is Cc1cc(C)c2c(C)c(C(=O)NCC(c3ccco3)[NH+]3CCOCC3)oc2c1.[Cl-]. The van der Waals surface area contributed by atoms with Gasteiger partial charge < -0.3 is 36.2 Å². The first kappa shape index (κ1) is 21.4. The standard InChI is InChI=1S/C22H26N2O4.ClH/c1-14-11-15(2)20-16(3)21(28-19(20)12-14)22(25)23-13-17(18-5-4-8-27-18)24-6-9-26-10-7-24;/h4-5,8,11-12,17H,6-7,9-10,13H2,1-3H3,(H,23,25);1H. The number of benzene rings is 1. The Labute approximate surface area is 176 Å². The molecule has 1 saturated heterocycles. The molecule has 0 aliphatic carbocycles. The van der Waals surface area contributed by atoms with Gasteiger partial charge in [-0.05, 0) is 50.1 Å². The van der Waals surface area contributed by atoms with Gasteiger partial charge in [-0.1, -0.05) is 6.07 Å². The van der Waals surface area contributed by atoms with Gasteiger partial charge in [0, 0.05) is 10.9 Å². The number of furan rings is 2. The monoisotopic (exact) mass is 418 g/mol. The van der Waals surface area contributed by atoms with Gasteiger partial charge in [0.1, 0.15) is 18.7 Å². The number of hydrogen-bond donors (Lipinski definition) is 2. The Morgan fingerprint density at radius 2 is 1.97 bits per heavy atom. The predicted molar refractivity (Wildman–Crippen MR) is 106 cm³/mol. The lowest BCUT2D eigenvalue weighted by atomic mass is 10.0. The number of aryl methyl sites for hydroxylation is 3. The van der Waals surface area contributed by atoms with Crippen molar-refractivity contribution in [1.82, 2.24) is 5.32 Å². The fraction of sp³-hybridized carbons (Fsp3) is 0.409. The Kier molecular flexibility index (Phi) is 6.67. The van der Waals surface area contributed by atoms with Gasteiger partial charge in [-0.2, -0.15) is 0 Å². The number of ether oxygens (including phenoxy) is 1. The second-order valence-corrected chi connectivity index (χ2v) is 7.56. The second-order valence-electron chi connectivity index (χ2n) is 7.56. The van der Waals surface area contributed by atoms with Crippen molar-refractivity contribution in [3.05, 3.63) is 58.7 Å². The maximum atomic E-state index is 12.9. The van der Waals surface area contributed by atoms with E-state index in [4.69, 9.17) is 13.6 Å². The van der Waals surface area contributed by atoms with E-state index in [-0.39, 0.29) is 24.4 Å². The van der Waals surface area contributed by atoms with Crippen LogP contribution in [0.3, 0.4) is 0 Å². The van der Waals surface area contributed by atoms with E-state index < -0.39 is 0 Å². The molecular weight excluding hydrogens is 392 g/mol. The summed E-state index contributed by atoms with van der Waals surface area (Å²) in [5.74, 6) is 1.08. The third-order valence-electron chi connectivity index (χ3n) is 5.56. The highest BCUT2D eigenvalue weighted by Gasteiger charge is 2.30. The Bertz CT molecular complexity index is 975. The number of fused-ring (bicyclic) bond motifs is 1. The van der Waals surface area contributed by atoms with Crippen molar-refractivity contribution in [2.24, 2.45) is 0 Å². The molecular formula is C22H27ClN2O4. The summed E-state index contributed by atoms with van der Waals surface area (Å²) in [5, 5.41) is 4.09. The van der Waals surface area contributed by atoms with Crippen LogP contribution in [0, 0.1) is 20.8 Å². The van der Waals surface area contributed by atoms with E-state index in [2.05, 4.69) is 11.4 Å². The maximum Gasteiger partial charge on any atom is 0.287 e. The number of nitrogens with one attached hydrogen (secondary N) is 2. The van der Waals surface area contributed by atoms with Gasteiger partial charge >= 0.3 is 0 Å². The van der Waals surface area contributed by atoms with Crippen molar-refractivity contribution in [3.63, 3.8) is 0 Å². The van der Waals surface area contributed by atoms with Crippen LogP contribution in [-0.4, -0.2) is 38.8 Å². The maximum absolute atomic E-state index is 12.9. The molecule has 1 fully saturated rings. The van der Waals surface area contributed by atoms with Crippen LogP contribution >= 0.6 is 0 Å². The van der Waals surface area contributed by atoms with Crippen molar-refractivity contribution in [3.8, 4) is 0 Å². The van der Waals surface area contributed by atoms with Crippen LogP contribution in [0.5, 0.6) is 0 Å². The summed E-state index contributed by atoms with van der Waals surface area (Å²) in [6, 6.07) is 8.00. The topological polar surface area (TPSA) is 69.0 Å². The number of rotatable bonds is 5. The summed E-state index contributed by atoms with van der Waals surface area (Å²) >= 11 is 0. The highest BCUT2D eigenvalue weighted by molar-refractivity contribution is 6.00. The van der Waals surface area contributed by atoms with Crippen LogP contribution in [0.15, 0.2) is 39.4 Å². The average molecular weight is 419 g/mol. The quantitative estimate of drug-likeness (QED) is 0.577. The molecule has 3 aromatic rings. The number of carbonyl (C=O) groups excluding carboxylic acids is 1. The highest BCUT2D eigenvalue weighted by atomic mass is 35.5. The van der Waals surface area contributed by atoms with Crippen LogP contribution in [-0.2, 0) is 4.74 Å². The number of quaternary nitrogens is 1. The van der Waals surface area contributed by atoms with Crippen molar-refractivity contribution >= 4 is 16.9 Å². The number of carbonyl (C=O) groups is 1. The molecule has 2 aromatic heterocycles. The summed E-state index contributed by atoms with van der Waals surface area (Å²) in [7, 11) is 0. The average Bonchev–Trinajstić information content (AvgIpc) is 3.31. The van der Waals surface area contributed by atoms with Gasteiger partial charge in [-0.25, -0.2) is 0 Å².